The van der Waals surface area contributed by atoms with Crippen LogP contribution in [-0.4, -0.2) is 18.8 Å². The molecule has 2 saturated carbocycles. The summed E-state index contributed by atoms with van der Waals surface area (Å²) in [5, 5.41) is 0. The summed E-state index contributed by atoms with van der Waals surface area (Å²) >= 11 is 0. The standard InChI is InChI=1S/C10H19NO/c1-2-12-9-7-8(11)10(9)5-3-4-6-10/h8-9H,2-7,11H2,1H3/t8-,9+/m0/s1. The van der Waals surface area contributed by atoms with E-state index in [-0.39, 0.29) is 0 Å². The van der Waals surface area contributed by atoms with E-state index in [1.807, 2.05) is 0 Å². The summed E-state index contributed by atoms with van der Waals surface area (Å²) in [7, 11) is 0. The van der Waals surface area contributed by atoms with Gasteiger partial charge in [0.25, 0.3) is 0 Å². The van der Waals surface area contributed by atoms with E-state index >= 15 is 0 Å². The van der Waals surface area contributed by atoms with E-state index in [1.165, 1.54) is 25.7 Å². The number of rotatable bonds is 2. The topological polar surface area (TPSA) is 35.2 Å². The highest BCUT2D eigenvalue weighted by Crippen LogP contribution is 2.53. The average Bonchev–Trinajstić information content (AvgIpc) is 2.55. The third-order valence-electron chi connectivity index (χ3n) is 3.75. The first kappa shape index (κ1) is 8.52. The summed E-state index contributed by atoms with van der Waals surface area (Å²) in [6, 6.07) is 0.427. The van der Waals surface area contributed by atoms with Crippen LogP contribution in [0.5, 0.6) is 0 Å². The van der Waals surface area contributed by atoms with Gasteiger partial charge in [-0.15, -0.1) is 0 Å². The number of hydrogen-bond acceptors (Lipinski definition) is 2. The molecule has 70 valence electrons. The highest BCUT2D eigenvalue weighted by atomic mass is 16.5. The monoisotopic (exact) mass is 169 g/mol. The number of hydrogen-bond donors (Lipinski definition) is 1. The molecule has 2 aliphatic rings. The lowest BCUT2D eigenvalue weighted by molar-refractivity contribution is -0.120. The maximum atomic E-state index is 6.06. The molecule has 2 fully saturated rings. The van der Waals surface area contributed by atoms with Crippen LogP contribution in [0.4, 0.5) is 0 Å². The second kappa shape index (κ2) is 3.00. The van der Waals surface area contributed by atoms with Gasteiger partial charge >= 0.3 is 0 Å². The van der Waals surface area contributed by atoms with Crippen molar-refractivity contribution in [2.24, 2.45) is 11.1 Å². The summed E-state index contributed by atoms with van der Waals surface area (Å²) in [5.41, 5.74) is 6.46. The molecule has 2 atom stereocenters. The van der Waals surface area contributed by atoms with Crippen LogP contribution in [0.25, 0.3) is 0 Å². The number of ether oxygens (including phenoxy) is 1. The molecule has 2 aliphatic carbocycles. The normalized spacial score (nSPS) is 38.5. The Labute approximate surface area is 74.5 Å². The van der Waals surface area contributed by atoms with E-state index in [0.717, 1.165) is 13.0 Å². The first-order valence-electron chi connectivity index (χ1n) is 5.17. The van der Waals surface area contributed by atoms with Crippen molar-refractivity contribution in [1.29, 1.82) is 0 Å². The highest BCUT2D eigenvalue weighted by molar-refractivity contribution is 5.08. The number of nitrogens with two attached hydrogens (primary N) is 1. The van der Waals surface area contributed by atoms with Crippen LogP contribution < -0.4 is 5.73 Å². The van der Waals surface area contributed by atoms with Gasteiger partial charge in [-0.3, -0.25) is 0 Å². The van der Waals surface area contributed by atoms with E-state index in [2.05, 4.69) is 6.92 Å². The molecule has 0 heterocycles. The SMILES string of the molecule is CCO[C@@H]1C[C@H](N)C12CCCC2. The molecular weight excluding hydrogens is 150 g/mol. The van der Waals surface area contributed by atoms with Gasteiger partial charge in [0.2, 0.25) is 0 Å². The Hall–Kier alpha value is -0.0800. The van der Waals surface area contributed by atoms with Gasteiger partial charge in [0.05, 0.1) is 6.10 Å². The zero-order valence-electron chi connectivity index (χ0n) is 7.88. The van der Waals surface area contributed by atoms with Crippen LogP contribution in [0, 0.1) is 5.41 Å². The molecule has 12 heavy (non-hydrogen) atoms. The smallest absolute Gasteiger partial charge is 0.0660 e. The molecule has 2 N–H and O–H groups in total. The van der Waals surface area contributed by atoms with Crippen LogP contribution in [-0.2, 0) is 4.74 Å². The van der Waals surface area contributed by atoms with Gasteiger partial charge in [-0.25, -0.2) is 0 Å². The third-order valence-corrected chi connectivity index (χ3v) is 3.75. The zero-order chi connectivity index (χ0) is 8.60. The third kappa shape index (κ3) is 1.01. The van der Waals surface area contributed by atoms with Crippen LogP contribution in [0.3, 0.4) is 0 Å². The Morgan fingerprint density at radius 2 is 2.08 bits per heavy atom. The molecule has 0 radical (unpaired) electrons. The molecule has 0 bridgehead atoms. The van der Waals surface area contributed by atoms with Gasteiger partial charge in [0, 0.05) is 18.1 Å². The van der Waals surface area contributed by atoms with Gasteiger partial charge in [0.1, 0.15) is 0 Å². The lowest BCUT2D eigenvalue weighted by atomic mass is 9.61. The Bertz CT molecular complexity index is 161. The van der Waals surface area contributed by atoms with Crippen molar-refractivity contribution in [3.63, 3.8) is 0 Å². The summed E-state index contributed by atoms with van der Waals surface area (Å²) in [6.45, 7) is 2.92. The molecule has 0 amide bonds. The van der Waals surface area contributed by atoms with Crippen LogP contribution >= 0.6 is 0 Å². The van der Waals surface area contributed by atoms with Crippen molar-refractivity contribution in [2.45, 2.75) is 51.2 Å². The lowest BCUT2D eigenvalue weighted by Gasteiger charge is -2.52. The highest BCUT2D eigenvalue weighted by Gasteiger charge is 2.54. The first-order valence-corrected chi connectivity index (χ1v) is 5.17. The summed E-state index contributed by atoms with van der Waals surface area (Å²) in [4.78, 5) is 0. The minimum absolute atomic E-state index is 0.399. The predicted octanol–water partition coefficient (Wildman–Crippen LogP) is 1.68. The minimum Gasteiger partial charge on any atom is -0.378 e. The Kier molecular flexibility index (Phi) is 2.13. The molecular formula is C10H19NO. The quantitative estimate of drug-likeness (QED) is 0.682. The summed E-state index contributed by atoms with van der Waals surface area (Å²) in [6.07, 6.45) is 6.90. The molecule has 2 rings (SSSR count). The zero-order valence-corrected chi connectivity index (χ0v) is 7.88. The largest absolute Gasteiger partial charge is 0.378 e. The van der Waals surface area contributed by atoms with E-state index in [4.69, 9.17) is 10.5 Å². The van der Waals surface area contributed by atoms with Gasteiger partial charge in [-0.2, -0.15) is 0 Å². The maximum Gasteiger partial charge on any atom is 0.0660 e. The molecule has 0 unspecified atom stereocenters. The second-order valence-electron chi connectivity index (χ2n) is 4.23. The fraction of sp³-hybridized carbons (Fsp3) is 1.00. The van der Waals surface area contributed by atoms with Gasteiger partial charge in [-0.05, 0) is 26.2 Å². The van der Waals surface area contributed by atoms with Crippen molar-refractivity contribution in [2.75, 3.05) is 6.61 Å². The molecule has 0 aliphatic heterocycles. The molecule has 0 aromatic heterocycles. The molecule has 1 spiro atoms. The van der Waals surface area contributed by atoms with Gasteiger partial charge in [0.15, 0.2) is 0 Å². The van der Waals surface area contributed by atoms with Crippen molar-refractivity contribution in [1.82, 2.24) is 0 Å². The van der Waals surface area contributed by atoms with E-state index in [9.17, 15) is 0 Å². The second-order valence-corrected chi connectivity index (χ2v) is 4.23. The average molecular weight is 169 g/mol. The van der Waals surface area contributed by atoms with Gasteiger partial charge in [-0.1, -0.05) is 12.8 Å². The molecule has 0 aromatic rings. The fourth-order valence-electron chi connectivity index (χ4n) is 2.94. The van der Waals surface area contributed by atoms with Crippen molar-refractivity contribution < 1.29 is 4.74 Å². The Morgan fingerprint density at radius 3 is 2.58 bits per heavy atom. The molecule has 0 saturated heterocycles. The predicted molar refractivity (Wildman–Crippen MR) is 48.9 cm³/mol. The van der Waals surface area contributed by atoms with Crippen LogP contribution in [0.15, 0.2) is 0 Å². The molecule has 2 heteroatoms. The van der Waals surface area contributed by atoms with Crippen LogP contribution in [0.1, 0.15) is 39.0 Å². The minimum atomic E-state index is 0.399. The van der Waals surface area contributed by atoms with E-state index in [0.29, 0.717) is 17.6 Å². The lowest BCUT2D eigenvalue weighted by Crippen LogP contribution is -2.60. The van der Waals surface area contributed by atoms with E-state index < -0.39 is 0 Å². The van der Waals surface area contributed by atoms with Gasteiger partial charge < -0.3 is 10.5 Å². The molecule has 0 aromatic carbocycles. The summed E-state index contributed by atoms with van der Waals surface area (Å²) < 4.78 is 5.71. The molecule has 2 nitrogen and oxygen atoms in total. The Morgan fingerprint density at radius 1 is 1.42 bits per heavy atom. The van der Waals surface area contributed by atoms with Crippen LogP contribution in [0.2, 0.25) is 0 Å². The summed E-state index contributed by atoms with van der Waals surface area (Å²) in [5.74, 6) is 0. The first-order chi connectivity index (χ1) is 5.79. The Balaban J connectivity index is 2.00. The maximum absolute atomic E-state index is 6.06. The fourth-order valence-corrected chi connectivity index (χ4v) is 2.94. The van der Waals surface area contributed by atoms with E-state index in [1.54, 1.807) is 0 Å². The van der Waals surface area contributed by atoms with Crippen molar-refractivity contribution >= 4 is 0 Å². The van der Waals surface area contributed by atoms with Crippen molar-refractivity contribution in [3.05, 3.63) is 0 Å². The van der Waals surface area contributed by atoms with Crippen molar-refractivity contribution in [3.8, 4) is 0 Å².